The van der Waals surface area contributed by atoms with Crippen molar-refractivity contribution in [1.82, 2.24) is 0 Å². The van der Waals surface area contributed by atoms with Gasteiger partial charge in [0.2, 0.25) is 0 Å². The van der Waals surface area contributed by atoms with Gasteiger partial charge in [-0.05, 0) is 0 Å². The van der Waals surface area contributed by atoms with Crippen molar-refractivity contribution < 1.29 is 14.1 Å². The van der Waals surface area contributed by atoms with Crippen molar-refractivity contribution in [3.63, 3.8) is 0 Å². The Morgan fingerprint density at radius 2 is 1.86 bits per heavy atom. The van der Waals surface area contributed by atoms with E-state index in [1.54, 1.807) is 0 Å². The number of hydrogen-bond donors (Lipinski definition) is 0. The van der Waals surface area contributed by atoms with E-state index < -0.39 is 0 Å². The van der Waals surface area contributed by atoms with Crippen LogP contribution >= 0.6 is 19.6 Å². The van der Waals surface area contributed by atoms with Crippen LogP contribution in [-0.4, -0.2) is 0 Å². The van der Waals surface area contributed by atoms with Crippen LogP contribution in [0.5, 0.6) is 0 Å². The van der Waals surface area contributed by atoms with Gasteiger partial charge >= 0.3 is 62.4 Å². The molecule has 0 bridgehead atoms. The summed E-state index contributed by atoms with van der Waals surface area (Å²) in [5, 5.41) is 0. The molecular weight excluding hydrogens is 379 g/mol. The molecule has 0 aromatic rings. The predicted octanol–water partition coefficient (Wildman–Crippen LogP) is 2.33. The van der Waals surface area contributed by atoms with Crippen LogP contribution in [0.15, 0.2) is 24.3 Å². The second-order valence-electron chi connectivity index (χ2n) is 1.26. The Hall–Kier alpha value is 0.859. The van der Waals surface area contributed by atoms with Crippen molar-refractivity contribution in [2.24, 2.45) is 0 Å². The van der Waals surface area contributed by atoms with Crippen LogP contribution in [0.25, 0.3) is 0 Å². The standard InChI is InChI=1S/C5H5.HI.Ir/c1-2-4-5-3-1;;/h1-5H;1H;/q;;+1/p-1. The summed E-state index contributed by atoms with van der Waals surface area (Å²) in [4.78, 5) is 0. The van der Waals surface area contributed by atoms with Crippen LogP contribution in [0.4, 0.5) is 0 Å². The van der Waals surface area contributed by atoms with Gasteiger partial charge in [0.05, 0.1) is 0 Å². The SMILES string of the molecule is [I][Ir][CH]1C=CC=C1. The molecular formula is C5H5IIr. The molecule has 0 atom stereocenters. The molecule has 0 nitrogen and oxygen atoms in total. The molecule has 0 saturated carbocycles. The zero-order chi connectivity index (χ0) is 5.11. The molecule has 0 saturated heterocycles. The molecule has 0 N–H and O–H groups in total. The van der Waals surface area contributed by atoms with Crippen molar-refractivity contribution in [3.8, 4) is 0 Å². The molecule has 0 radical (unpaired) electrons. The van der Waals surface area contributed by atoms with Crippen LogP contribution in [-0.2, 0) is 14.1 Å². The average Bonchev–Trinajstić information content (AvgIpc) is 2.14. The van der Waals surface area contributed by atoms with E-state index in [1.807, 2.05) is 0 Å². The Morgan fingerprint density at radius 1 is 1.29 bits per heavy atom. The van der Waals surface area contributed by atoms with Gasteiger partial charge in [-0.25, -0.2) is 0 Å². The number of halogens is 1. The van der Waals surface area contributed by atoms with E-state index in [0.29, 0.717) is 0 Å². The van der Waals surface area contributed by atoms with Gasteiger partial charge in [0.25, 0.3) is 0 Å². The van der Waals surface area contributed by atoms with Crippen LogP contribution in [0.2, 0.25) is 4.43 Å². The van der Waals surface area contributed by atoms with Gasteiger partial charge in [-0.3, -0.25) is 0 Å². The first-order valence-corrected chi connectivity index (χ1v) is 10.2. The zero-order valence-corrected chi connectivity index (χ0v) is 8.15. The molecule has 0 aromatic carbocycles. The summed E-state index contributed by atoms with van der Waals surface area (Å²) in [6.07, 6.45) is 8.80. The molecule has 1 rings (SSSR count). The zero-order valence-electron chi connectivity index (χ0n) is 3.60. The van der Waals surface area contributed by atoms with E-state index >= 15 is 0 Å². The van der Waals surface area contributed by atoms with Crippen LogP contribution in [0, 0.1) is 0 Å². The first-order valence-electron chi connectivity index (χ1n) is 1.99. The summed E-state index contributed by atoms with van der Waals surface area (Å²) in [5.74, 6) is 0. The first-order chi connectivity index (χ1) is 3.43. The Bertz CT molecular complexity index is 94.6. The Morgan fingerprint density at radius 3 is 2.14 bits per heavy atom. The molecule has 0 heterocycles. The fraction of sp³-hybridized carbons (Fsp3) is 0.200. The first kappa shape index (κ1) is 5.99. The predicted molar refractivity (Wildman–Crippen MR) is 36.0 cm³/mol. The monoisotopic (exact) mass is 385 g/mol. The van der Waals surface area contributed by atoms with E-state index in [9.17, 15) is 0 Å². The molecule has 0 unspecified atom stereocenters. The quantitative estimate of drug-likeness (QED) is 0.609. The molecule has 7 heavy (non-hydrogen) atoms. The Kier molecular flexibility index (Phi) is 2.57. The summed E-state index contributed by atoms with van der Waals surface area (Å²) in [5.41, 5.74) is 0. The molecule has 0 amide bonds. The van der Waals surface area contributed by atoms with Crippen LogP contribution in [0.3, 0.4) is 0 Å². The summed E-state index contributed by atoms with van der Waals surface area (Å²) in [6.45, 7) is 0. The molecule has 2 heteroatoms. The van der Waals surface area contributed by atoms with E-state index in [2.05, 4.69) is 43.9 Å². The van der Waals surface area contributed by atoms with Crippen LogP contribution < -0.4 is 0 Å². The number of rotatable bonds is 1. The van der Waals surface area contributed by atoms with Gasteiger partial charge < -0.3 is 0 Å². The van der Waals surface area contributed by atoms with Gasteiger partial charge in [0.1, 0.15) is 0 Å². The molecule has 1 aliphatic rings. The van der Waals surface area contributed by atoms with E-state index in [-0.39, 0.29) is 14.1 Å². The molecule has 0 aliphatic heterocycles. The fourth-order valence-corrected chi connectivity index (χ4v) is 3.59. The summed E-state index contributed by atoms with van der Waals surface area (Å²) in [7, 11) is 0. The topological polar surface area (TPSA) is 0 Å². The maximum absolute atomic E-state index is 2.51. The summed E-state index contributed by atoms with van der Waals surface area (Å²) in [6, 6.07) is 0. The van der Waals surface area contributed by atoms with E-state index in [1.165, 1.54) is 0 Å². The third-order valence-corrected chi connectivity index (χ3v) is 6.22. The second-order valence-corrected chi connectivity index (χ2v) is 6.78. The molecule has 41 valence electrons. The van der Waals surface area contributed by atoms with Crippen molar-refractivity contribution in [2.75, 3.05) is 0 Å². The number of allylic oxidation sites excluding steroid dienone is 4. The van der Waals surface area contributed by atoms with Crippen molar-refractivity contribution in [1.29, 1.82) is 0 Å². The maximum atomic E-state index is 2.51. The van der Waals surface area contributed by atoms with Gasteiger partial charge in [0, 0.05) is 0 Å². The van der Waals surface area contributed by atoms with E-state index in [0.717, 1.165) is 4.43 Å². The van der Waals surface area contributed by atoms with Gasteiger partial charge in [-0.2, -0.15) is 0 Å². The fourth-order valence-electron chi connectivity index (χ4n) is 0.443. The van der Waals surface area contributed by atoms with Crippen molar-refractivity contribution >= 4 is 19.6 Å². The third-order valence-electron chi connectivity index (χ3n) is 0.768. The van der Waals surface area contributed by atoms with Gasteiger partial charge in [-0.15, -0.1) is 0 Å². The van der Waals surface area contributed by atoms with Crippen LogP contribution in [0.1, 0.15) is 0 Å². The van der Waals surface area contributed by atoms with Gasteiger partial charge in [-0.1, -0.05) is 0 Å². The Balaban J connectivity index is 2.44. The summed E-state index contributed by atoms with van der Waals surface area (Å²) < 4.78 is 0.848. The Labute approximate surface area is 62.1 Å². The van der Waals surface area contributed by atoms with Crippen molar-refractivity contribution in [3.05, 3.63) is 24.3 Å². The molecule has 0 spiro atoms. The summed E-state index contributed by atoms with van der Waals surface area (Å²) >= 11 is 2.80. The van der Waals surface area contributed by atoms with E-state index in [4.69, 9.17) is 0 Å². The molecule has 1 aliphatic carbocycles. The van der Waals surface area contributed by atoms with Crippen molar-refractivity contribution in [2.45, 2.75) is 4.43 Å². The molecule has 0 fully saturated rings. The average molecular weight is 384 g/mol. The second kappa shape index (κ2) is 3.00. The minimum atomic E-state index is 0.289. The molecule has 0 aromatic heterocycles. The number of hydrogen-bond acceptors (Lipinski definition) is 0. The third kappa shape index (κ3) is 1.67. The normalized spacial score (nSPS) is 19.6. The minimum absolute atomic E-state index is 0.289. The van der Waals surface area contributed by atoms with Gasteiger partial charge in [0.15, 0.2) is 0 Å².